The van der Waals surface area contributed by atoms with Gasteiger partial charge in [-0.3, -0.25) is 9.48 Å². The predicted molar refractivity (Wildman–Crippen MR) is 112 cm³/mol. The molecule has 3 aromatic heterocycles. The fraction of sp³-hybridized carbons (Fsp3) is 0.190. The highest BCUT2D eigenvalue weighted by atomic mass is 16.5. The van der Waals surface area contributed by atoms with E-state index in [9.17, 15) is 4.79 Å². The maximum atomic E-state index is 12.3. The Labute approximate surface area is 172 Å². The van der Waals surface area contributed by atoms with E-state index >= 15 is 0 Å². The molecule has 9 nitrogen and oxygen atoms in total. The molecule has 2 N–H and O–H groups in total. The van der Waals surface area contributed by atoms with Crippen molar-refractivity contribution in [2.45, 2.75) is 6.54 Å². The summed E-state index contributed by atoms with van der Waals surface area (Å²) in [6, 6.07) is 10.9. The van der Waals surface area contributed by atoms with Gasteiger partial charge < -0.3 is 10.5 Å². The number of benzene rings is 1. The number of rotatable bonds is 7. The van der Waals surface area contributed by atoms with E-state index < -0.39 is 0 Å². The average Bonchev–Trinajstić information content (AvgIpc) is 3.21. The highest BCUT2D eigenvalue weighted by molar-refractivity contribution is 5.57. The van der Waals surface area contributed by atoms with E-state index in [0.29, 0.717) is 37.0 Å². The normalized spacial score (nSPS) is 10.9. The molecule has 4 aromatic rings. The van der Waals surface area contributed by atoms with Gasteiger partial charge >= 0.3 is 0 Å². The summed E-state index contributed by atoms with van der Waals surface area (Å²) in [6.45, 7) is 1.18. The van der Waals surface area contributed by atoms with Gasteiger partial charge in [-0.05, 0) is 17.7 Å². The monoisotopic (exact) mass is 403 g/mol. The van der Waals surface area contributed by atoms with Crippen molar-refractivity contribution in [2.75, 3.05) is 13.2 Å². The van der Waals surface area contributed by atoms with E-state index in [1.165, 1.54) is 10.7 Å². The van der Waals surface area contributed by atoms with E-state index in [4.69, 9.17) is 10.5 Å². The Morgan fingerprint density at radius 1 is 1.07 bits per heavy atom. The lowest BCUT2D eigenvalue weighted by Crippen LogP contribution is -2.22. The first-order valence-corrected chi connectivity index (χ1v) is 9.44. The lowest BCUT2D eigenvalue weighted by molar-refractivity contribution is 0.325. The number of ether oxygens (including phenoxy) is 1. The highest BCUT2D eigenvalue weighted by Crippen LogP contribution is 2.19. The van der Waals surface area contributed by atoms with Crippen LogP contribution in [0.25, 0.3) is 22.6 Å². The van der Waals surface area contributed by atoms with Crippen LogP contribution < -0.4 is 16.0 Å². The predicted octanol–water partition coefficient (Wildman–Crippen LogP) is 1.49. The van der Waals surface area contributed by atoms with Crippen LogP contribution in [0.2, 0.25) is 0 Å². The molecule has 0 aliphatic rings. The van der Waals surface area contributed by atoms with Crippen LogP contribution in [0.1, 0.15) is 5.56 Å². The second-order valence-corrected chi connectivity index (χ2v) is 6.70. The van der Waals surface area contributed by atoms with Gasteiger partial charge in [0.05, 0.1) is 30.8 Å². The van der Waals surface area contributed by atoms with Gasteiger partial charge in [0.1, 0.15) is 6.61 Å². The lowest BCUT2D eigenvalue weighted by Gasteiger charge is -2.08. The van der Waals surface area contributed by atoms with Crippen molar-refractivity contribution >= 4 is 0 Å². The molecule has 1 aromatic carbocycles. The Morgan fingerprint density at radius 2 is 1.90 bits per heavy atom. The van der Waals surface area contributed by atoms with E-state index in [2.05, 4.69) is 20.2 Å². The van der Waals surface area contributed by atoms with E-state index in [1.54, 1.807) is 29.3 Å². The molecule has 0 fully saturated rings. The molecule has 9 heteroatoms. The van der Waals surface area contributed by atoms with Crippen molar-refractivity contribution in [2.24, 2.45) is 12.8 Å². The molecule has 0 aliphatic carbocycles. The Hall–Kier alpha value is -3.85. The number of aromatic nitrogens is 6. The number of hydrogen-bond donors (Lipinski definition) is 1. The number of hydrogen-bond acceptors (Lipinski definition) is 7. The molecule has 0 spiro atoms. The van der Waals surface area contributed by atoms with Gasteiger partial charge in [-0.25, -0.2) is 14.6 Å². The largest absolute Gasteiger partial charge is 0.489 e. The maximum absolute atomic E-state index is 12.3. The Kier molecular flexibility index (Phi) is 5.62. The molecular weight excluding hydrogens is 382 g/mol. The van der Waals surface area contributed by atoms with Gasteiger partial charge in [0.2, 0.25) is 0 Å². The van der Waals surface area contributed by atoms with Crippen LogP contribution in [-0.2, 0) is 13.6 Å². The van der Waals surface area contributed by atoms with Crippen LogP contribution in [0.4, 0.5) is 0 Å². The van der Waals surface area contributed by atoms with Crippen LogP contribution in [0.3, 0.4) is 0 Å². The third-order valence-corrected chi connectivity index (χ3v) is 4.40. The molecule has 0 radical (unpaired) electrons. The molecule has 0 atom stereocenters. The van der Waals surface area contributed by atoms with E-state index in [0.717, 1.165) is 16.7 Å². The van der Waals surface area contributed by atoms with E-state index in [1.807, 2.05) is 37.5 Å². The zero-order valence-corrected chi connectivity index (χ0v) is 16.5. The minimum absolute atomic E-state index is 0.175. The van der Waals surface area contributed by atoms with Crippen LogP contribution in [-0.4, -0.2) is 42.7 Å². The quantitative estimate of drug-likeness (QED) is 0.497. The minimum atomic E-state index is -0.175. The van der Waals surface area contributed by atoms with Gasteiger partial charge in [-0.2, -0.15) is 10.2 Å². The molecule has 4 rings (SSSR count). The number of nitrogens with two attached hydrogens (primary N) is 1. The fourth-order valence-electron chi connectivity index (χ4n) is 2.97. The Bertz CT molecular complexity index is 1200. The second-order valence-electron chi connectivity index (χ2n) is 6.70. The number of nitrogens with zero attached hydrogens (tertiary/aromatic N) is 6. The van der Waals surface area contributed by atoms with Crippen molar-refractivity contribution in [3.8, 4) is 28.4 Å². The summed E-state index contributed by atoms with van der Waals surface area (Å²) < 4.78 is 8.54. The molecule has 0 aliphatic heterocycles. The van der Waals surface area contributed by atoms with Crippen molar-refractivity contribution in [1.82, 2.24) is 29.5 Å². The summed E-state index contributed by atoms with van der Waals surface area (Å²) in [5.41, 5.74) is 8.56. The maximum Gasteiger partial charge on any atom is 0.267 e. The van der Waals surface area contributed by atoms with Gasteiger partial charge in [0.15, 0.2) is 11.6 Å². The average molecular weight is 403 g/mol. The summed E-state index contributed by atoms with van der Waals surface area (Å²) in [7, 11) is 1.84. The van der Waals surface area contributed by atoms with Gasteiger partial charge in [0.25, 0.3) is 5.56 Å². The molecule has 0 bridgehead atoms. The minimum Gasteiger partial charge on any atom is -0.489 e. The first kappa shape index (κ1) is 19.5. The van der Waals surface area contributed by atoms with Gasteiger partial charge in [0, 0.05) is 37.0 Å². The van der Waals surface area contributed by atoms with Crippen molar-refractivity contribution < 1.29 is 4.74 Å². The van der Waals surface area contributed by atoms with Crippen LogP contribution in [0.5, 0.6) is 5.75 Å². The topological polar surface area (TPSA) is 114 Å². The molecule has 0 saturated heterocycles. The fourth-order valence-corrected chi connectivity index (χ4v) is 2.97. The number of aryl methyl sites for hydroxylation is 1. The van der Waals surface area contributed by atoms with Crippen LogP contribution in [0.15, 0.2) is 66.0 Å². The molecule has 0 saturated carbocycles. The molecule has 3 heterocycles. The van der Waals surface area contributed by atoms with Crippen molar-refractivity contribution in [3.63, 3.8) is 0 Å². The summed E-state index contributed by atoms with van der Waals surface area (Å²) in [4.78, 5) is 21.0. The second kappa shape index (κ2) is 8.66. The third-order valence-electron chi connectivity index (χ3n) is 4.40. The Balaban J connectivity index is 1.57. The first-order valence-electron chi connectivity index (χ1n) is 9.44. The van der Waals surface area contributed by atoms with E-state index in [-0.39, 0.29) is 5.56 Å². The van der Waals surface area contributed by atoms with Crippen molar-refractivity contribution in [3.05, 3.63) is 77.1 Å². The third kappa shape index (κ3) is 4.41. The standard InChI is InChI=1S/C21H21N7O2/c1-27-14-17(10-25-27)19-5-6-20(29)28(26-19)13-15-3-2-4-16(9-15)21-23-11-18(12-24-21)30-8-7-22/h2-6,9-12,14H,7-8,13,22H2,1H3. The molecule has 30 heavy (non-hydrogen) atoms. The summed E-state index contributed by atoms with van der Waals surface area (Å²) in [5.74, 6) is 1.14. The summed E-state index contributed by atoms with van der Waals surface area (Å²) >= 11 is 0. The SMILES string of the molecule is Cn1cc(-c2ccc(=O)n(Cc3cccc(-c4ncc(OCCN)cn4)c3)n2)cn1. The van der Waals surface area contributed by atoms with Crippen LogP contribution >= 0.6 is 0 Å². The first-order chi connectivity index (χ1) is 14.6. The van der Waals surface area contributed by atoms with Gasteiger partial charge in [-0.15, -0.1) is 0 Å². The highest BCUT2D eigenvalue weighted by Gasteiger charge is 2.08. The zero-order valence-electron chi connectivity index (χ0n) is 16.5. The van der Waals surface area contributed by atoms with Crippen molar-refractivity contribution in [1.29, 1.82) is 0 Å². The Morgan fingerprint density at radius 3 is 2.63 bits per heavy atom. The zero-order chi connectivity index (χ0) is 20.9. The summed E-state index contributed by atoms with van der Waals surface area (Å²) in [6.07, 6.45) is 6.81. The molecule has 0 amide bonds. The molecule has 0 unspecified atom stereocenters. The van der Waals surface area contributed by atoms with Crippen LogP contribution in [0, 0.1) is 0 Å². The lowest BCUT2D eigenvalue weighted by atomic mass is 10.1. The molecule has 152 valence electrons. The molecular formula is C21H21N7O2. The summed E-state index contributed by atoms with van der Waals surface area (Å²) in [5, 5.41) is 8.64. The smallest absolute Gasteiger partial charge is 0.267 e. The van der Waals surface area contributed by atoms with Gasteiger partial charge in [-0.1, -0.05) is 18.2 Å².